The summed E-state index contributed by atoms with van der Waals surface area (Å²) in [5, 5.41) is 3.61. The molecule has 0 bridgehead atoms. The molecule has 0 aliphatic carbocycles. The Balaban J connectivity index is 1.71. The Morgan fingerprint density at radius 1 is 1.38 bits per heavy atom. The third kappa shape index (κ3) is 5.74. The van der Waals surface area contributed by atoms with E-state index in [9.17, 15) is 8.42 Å². The predicted octanol–water partition coefficient (Wildman–Crippen LogP) is 0.906. The molecule has 2 aromatic rings. The number of sulfonamides is 1. The van der Waals surface area contributed by atoms with Crippen molar-refractivity contribution in [3.63, 3.8) is 0 Å². The SMILES string of the molecule is Nc1cccc(SCCS(=O)(=O)NCCc2ncon2)c1. The fraction of sp³-hybridized carbons (Fsp3) is 0.333. The quantitative estimate of drug-likeness (QED) is 0.547. The van der Waals surface area contributed by atoms with Crippen molar-refractivity contribution in [1.29, 1.82) is 0 Å². The van der Waals surface area contributed by atoms with Gasteiger partial charge in [-0.25, -0.2) is 13.1 Å². The molecule has 3 N–H and O–H groups in total. The second-order valence-corrected chi connectivity index (χ2v) is 7.33. The van der Waals surface area contributed by atoms with E-state index in [1.165, 1.54) is 18.2 Å². The Labute approximate surface area is 127 Å². The number of anilines is 1. The molecule has 0 spiro atoms. The topological polar surface area (TPSA) is 111 Å². The van der Waals surface area contributed by atoms with Gasteiger partial charge >= 0.3 is 0 Å². The van der Waals surface area contributed by atoms with Crippen LogP contribution in [0.1, 0.15) is 5.82 Å². The molecule has 0 radical (unpaired) electrons. The Morgan fingerprint density at radius 2 is 2.24 bits per heavy atom. The summed E-state index contributed by atoms with van der Waals surface area (Å²) >= 11 is 1.45. The molecule has 7 nitrogen and oxygen atoms in total. The van der Waals surface area contributed by atoms with E-state index < -0.39 is 10.0 Å². The van der Waals surface area contributed by atoms with Gasteiger partial charge in [0.15, 0.2) is 5.82 Å². The van der Waals surface area contributed by atoms with Gasteiger partial charge in [-0.2, -0.15) is 4.98 Å². The van der Waals surface area contributed by atoms with Gasteiger partial charge in [-0.05, 0) is 18.2 Å². The summed E-state index contributed by atoms with van der Waals surface area (Å²) in [6, 6.07) is 7.36. The largest absolute Gasteiger partial charge is 0.399 e. The van der Waals surface area contributed by atoms with E-state index in [1.807, 2.05) is 18.2 Å². The minimum absolute atomic E-state index is 0.0404. The lowest BCUT2D eigenvalue weighted by Gasteiger charge is -2.06. The van der Waals surface area contributed by atoms with E-state index >= 15 is 0 Å². The molecule has 1 aromatic carbocycles. The number of nitrogens with one attached hydrogen (secondary N) is 1. The van der Waals surface area contributed by atoms with E-state index in [0.29, 0.717) is 23.7 Å². The van der Waals surface area contributed by atoms with Crippen LogP contribution in [-0.2, 0) is 16.4 Å². The molecule has 0 fully saturated rings. The van der Waals surface area contributed by atoms with Crippen molar-refractivity contribution in [3.8, 4) is 0 Å². The molecule has 21 heavy (non-hydrogen) atoms. The minimum atomic E-state index is -3.30. The summed E-state index contributed by atoms with van der Waals surface area (Å²) in [5.74, 6) is 0.978. The highest BCUT2D eigenvalue weighted by Gasteiger charge is 2.10. The first kappa shape index (κ1) is 15.8. The lowest BCUT2D eigenvalue weighted by atomic mass is 10.3. The molecular formula is C12H16N4O3S2. The molecule has 0 unspecified atom stereocenters. The number of thioether (sulfide) groups is 1. The zero-order valence-electron chi connectivity index (χ0n) is 11.2. The van der Waals surface area contributed by atoms with Crippen LogP contribution >= 0.6 is 11.8 Å². The maximum absolute atomic E-state index is 11.8. The molecule has 0 aliphatic heterocycles. The van der Waals surface area contributed by atoms with Gasteiger partial charge in [-0.15, -0.1) is 11.8 Å². The predicted molar refractivity (Wildman–Crippen MR) is 81.4 cm³/mol. The first-order chi connectivity index (χ1) is 10.1. The van der Waals surface area contributed by atoms with Crippen molar-refractivity contribution in [2.45, 2.75) is 11.3 Å². The van der Waals surface area contributed by atoms with Gasteiger partial charge < -0.3 is 10.3 Å². The first-order valence-electron chi connectivity index (χ1n) is 6.26. The highest BCUT2D eigenvalue weighted by molar-refractivity contribution is 8.00. The minimum Gasteiger partial charge on any atom is -0.399 e. The number of hydrogen-bond acceptors (Lipinski definition) is 7. The Hall–Kier alpha value is -1.58. The molecule has 1 aromatic heterocycles. The number of nitrogen functional groups attached to an aromatic ring is 1. The number of aromatic nitrogens is 2. The van der Waals surface area contributed by atoms with Crippen molar-refractivity contribution >= 4 is 27.5 Å². The van der Waals surface area contributed by atoms with Gasteiger partial charge in [0.05, 0.1) is 5.75 Å². The van der Waals surface area contributed by atoms with Crippen molar-refractivity contribution in [1.82, 2.24) is 14.9 Å². The average molecular weight is 328 g/mol. The molecule has 2 rings (SSSR count). The number of hydrogen-bond donors (Lipinski definition) is 2. The fourth-order valence-corrected chi connectivity index (χ4v) is 3.96. The van der Waals surface area contributed by atoms with Crippen LogP contribution in [0.2, 0.25) is 0 Å². The van der Waals surface area contributed by atoms with E-state index in [1.54, 1.807) is 6.07 Å². The zero-order valence-corrected chi connectivity index (χ0v) is 12.9. The van der Waals surface area contributed by atoms with Crippen LogP contribution in [0.25, 0.3) is 0 Å². The molecule has 0 saturated heterocycles. The molecule has 114 valence electrons. The van der Waals surface area contributed by atoms with E-state index in [-0.39, 0.29) is 12.3 Å². The van der Waals surface area contributed by atoms with Gasteiger partial charge in [0.2, 0.25) is 16.4 Å². The first-order valence-corrected chi connectivity index (χ1v) is 8.90. The lowest BCUT2D eigenvalue weighted by Crippen LogP contribution is -2.29. The highest BCUT2D eigenvalue weighted by atomic mass is 32.2. The highest BCUT2D eigenvalue weighted by Crippen LogP contribution is 2.20. The number of benzene rings is 1. The smallest absolute Gasteiger partial charge is 0.213 e. The molecule has 9 heteroatoms. The van der Waals surface area contributed by atoms with Crippen molar-refractivity contribution in [2.75, 3.05) is 23.8 Å². The zero-order chi connectivity index (χ0) is 15.1. The number of rotatable bonds is 8. The summed E-state index contributed by atoms with van der Waals surface area (Å²) in [6.07, 6.45) is 1.62. The standard InChI is InChI=1S/C12H16N4O3S2/c13-10-2-1-3-11(8-10)20-6-7-21(17,18)15-5-4-12-14-9-19-16-12/h1-3,8-9,15H,4-7,13H2. The van der Waals surface area contributed by atoms with Crippen molar-refractivity contribution in [2.24, 2.45) is 0 Å². The Bertz CT molecular complexity index is 659. The van der Waals surface area contributed by atoms with E-state index in [4.69, 9.17) is 5.73 Å². The van der Waals surface area contributed by atoms with Gasteiger partial charge in [0.1, 0.15) is 0 Å². The van der Waals surface area contributed by atoms with Crippen LogP contribution in [-0.4, -0.2) is 36.6 Å². The van der Waals surface area contributed by atoms with Crippen molar-refractivity contribution < 1.29 is 12.9 Å². The van der Waals surface area contributed by atoms with Crippen LogP contribution in [0.4, 0.5) is 5.69 Å². The van der Waals surface area contributed by atoms with Crippen LogP contribution in [0.5, 0.6) is 0 Å². The second kappa shape index (κ2) is 7.43. The van der Waals surface area contributed by atoms with Crippen molar-refractivity contribution in [3.05, 3.63) is 36.5 Å². The maximum Gasteiger partial charge on any atom is 0.213 e. The summed E-state index contributed by atoms with van der Waals surface area (Å²) in [5.41, 5.74) is 6.33. The molecule has 0 aliphatic rings. The van der Waals surface area contributed by atoms with Crippen LogP contribution in [0.3, 0.4) is 0 Å². The summed E-state index contributed by atoms with van der Waals surface area (Å²) < 4.78 is 30.7. The summed E-state index contributed by atoms with van der Waals surface area (Å²) in [4.78, 5) is 4.77. The summed E-state index contributed by atoms with van der Waals surface area (Å²) in [7, 11) is -3.30. The van der Waals surface area contributed by atoms with Crippen LogP contribution < -0.4 is 10.5 Å². The van der Waals surface area contributed by atoms with Gasteiger partial charge in [-0.1, -0.05) is 11.2 Å². The van der Waals surface area contributed by atoms with E-state index in [2.05, 4.69) is 19.4 Å². The maximum atomic E-state index is 11.8. The van der Waals surface area contributed by atoms with Crippen LogP contribution in [0, 0.1) is 0 Å². The molecule has 0 saturated carbocycles. The Morgan fingerprint density at radius 3 is 2.95 bits per heavy atom. The summed E-state index contributed by atoms with van der Waals surface area (Å²) in [6.45, 7) is 0.255. The lowest BCUT2D eigenvalue weighted by molar-refractivity contribution is 0.410. The van der Waals surface area contributed by atoms with Crippen LogP contribution in [0.15, 0.2) is 40.1 Å². The normalized spacial score (nSPS) is 11.6. The Kier molecular flexibility index (Phi) is 5.59. The molecule has 0 atom stereocenters. The van der Waals surface area contributed by atoms with Gasteiger partial charge in [0.25, 0.3) is 0 Å². The molecule has 0 amide bonds. The molecule has 1 heterocycles. The number of nitrogens with zero attached hydrogens (tertiary/aromatic N) is 2. The van der Waals surface area contributed by atoms with Gasteiger partial charge in [-0.3, -0.25) is 0 Å². The third-order valence-electron chi connectivity index (χ3n) is 2.56. The second-order valence-electron chi connectivity index (χ2n) is 4.23. The average Bonchev–Trinajstić information content (AvgIpc) is 2.91. The monoisotopic (exact) mass is 328 g/mol. The molecular weight excluding hydrogens is 312 g/mol. The number of nitrogens with two attached hydrogens (primary N) is 1. The van der Waals surface area contributed by atoms with E-state index in [0.717, 1.165) is 4.90 Å². The third-order valence-corrected chi connectivity index (χ3v) is 5.20. The van der Waals surface area contributed by atoms with Gasteiger partial charge in [0, 0.05) is 29.3 Å². The fourth-order valence-electron chi connectivity index (χ4n) is 1.57.